The highest BCUT2D eigenvalue weighted by Gasteiger charge is 2.35. The van der Waals surface area contributed by atoms with Crippen LogP contribution in [0.3, 0.4) is 0 Å². The molecule has 0 bridgehead atoms. The van der Waals surface area contributed by atoms with Gasteiger partial charge >= 0.3 is 6.18 Å². The summed E-state index contributed by atoms with van der Waals surface area (Å²) in [7, 11) is 0. The summed E-state index contributed by atoms with van der Waals surface area (Å²) in [6.07, 6.45) is -2.86. The van der Waals surface area contributed by atoms with Crippen molar-refractivity contribution >= 4 is 39.1 Å². The molecule has 2 N–H and O–H groups in total. The lowest BCUT2D eigenvalue weighted by atomic mass is 10.2. The fourth-order valence-electron chi connectivity index (χ4n) is 2.48. The van der Waals surface area contributed by atoms with Crippen LogP contribution in [0.5, 0.6) is 5.75 Å². The Morgan fingerprint density at radius 1 is 1.00 bits per heavy atom. The Morgan fingerprint density at radius 3 is 2.20 bits per heavy atom. The lowest BCUT2D eigenvalue weighted by Gasteiger charge is -2.15. The molecule has 0 amide bonds. The zero-order chi connectivity index (χ0) is 21.7. The molecule has 0 saturated carbocycles. The van der Waals surface area contributed by atoms with Crippen LogP contribution in [0, 0.1) is 0 Å². The van der Waals surface area contributed by atoms with E-state index in [1.165, 1.54) is 0 Å². The fourth-order valence-corrected chi connectivity index (χ4v) is 2.74. The van der Waals surface area contributed by atoms with Crippen LogP contribution in [0.1, 0.15) is 25.8 Å². The predicted molar refractivity (Wildman–Crippen MR) is 115 cm³/mol. The Hall–Kier alpha value is -2.81. The van der Waals surface area contributed by atoms with E-state index in [4.69, 9.17) is 4.74 Å². The average molecular weight is 481 g/mol. The minimum absolute atomic E-state index is 0.0400. The van der Waals surface area contributed by atoms with E-state index in [2.05, 4.69) is 36.5 Å². The third-order valence-electron chi connectivity index (χ3n) is 4.22. The maximum absolute atomic E-state index is 13.4. The second kappa shape index (κ2) is 9.34. The highest BCUT2D eigenvalue weighted by molar-refractivity contribution is 9.10. The van der Waals surface area contributed by atoms with Crippen molar-refractivity contribution in [2.24, 2.45) is 0 Å². The third-order valence-corrected chi connectivity index (χ3v) is 4.75. The van der Waals surface area contributed by atoms with Crippen LogP contribution in [0.4, 0.5) is 36.3 Å². The Morgan fingerprint density at radius 2 is 1.60 bits per heavy atom. The number of aromatic nitrogens is 2. The Kier molecular flexibility index (Phi) is 6.81. The number of alkyl halides is 3. The van der Waals surface area contributed by atoms with Gasteiger partial charge in [0.05, 0.1) is 6.10 Å². The number of halogens is 4. The molecule has 0 aliphatic heterocycles. The standard InChI is InChI=1S/C21H20BrF3N4O/c1-3-13(2)30-17-10-8-16(9-11-17)28-20-26-12-18(21(23,24)25)19(29-20)27-15-6-4-14(22)5-7-15/h4-13H,3H2,1-2H3,(H2,26,27,28,29). The van der Waals surface area contributed by atoms with E-state index in [0.29, 0.717) is 17.1 Å². The second-order valence-corrected chi connectivity index (χ2v) is 7.49. The third kappa shape index (κ3) is 5.85. The van der Waals surface area contributed by atoms with E-state index in [9.17, 15) is 13.2 Å². The molecule has 1 unspecified atom stereocenters. The van der Waals surface area contributed by atoms with Crippen LogP contribution in [0.15, 0.2) is 59.2 Å². The van der Waals surface area contributed by atoms with Gasteiger partial charge in [0.25, 0.3) is 0 Å². The maximum atomic E-state index is 13.4. The molecule has 1 aromatic heterocycles. The topological polar surface area (TPSA) is 59.1 Å². The lowest BCUT2D eigenvalue weighted by molar-refractivity contribution is -0.137. The maximum Gasteiger partial charge on any atom is 0.421 e. The SMILES string of the molecule is CCC(C)Oc1ccc(Nc2ncc(C(F)(F)F)c(Nc3ccc(Br)cc3)n2)cc1. The molecule has 1 atom stereocenters. The summed E-state index contributed by atoms with van der Waals surface area (Å²) in [6.45, 7) is 4.00. The molecule has 0 fully saturated rings. The van der Waals surface area contributed by atoms with Crippen molar-refractivity contribution in [3.63, 3.8) is 0 Å². The monoisotopic (exact) mass is 480 g/mol. The van der Waals surface area contributed by atoms with Gasteiger partial charge in [-0.05, 0) is 61.9 Å². The Labute approximate surface area is 180 Å². The van der Waals surface area contributed by atoms with Gasteiger partial charge in [-0.3, -0.25) is 0 Å². The fraction of sp³-hybridized carbons (Fsp3) is 0.238. The van der Waals surface area contributed by atoms with Crippen molar-refractivity contribution in [1.29, 1.82) is 0 Å². The van der Waals surface area contributed by atoms with E-state index < -0.39 is 11.7 Å². The Bertz CT molecular complexity index is 979. The smallest absolute Gasteiger partial charge is 0.421 e. The number of rotatable bonds is 7. The number of benzene rings is 2. The molecular weight excluding hydrogens is 461 g/mol. The van der Waals surface area contributed by atoms with Crippen molar-refractivity contribution in [1.82, 2.24) is 9.97 Å². The van der Waals surface area contributed by atoms with E-state index in [-0.39, 0.29) is 17.9 Å². The van der Waals surface area contributed by atoms with Crippen LogP contribution < -0.4 is 15.4 Å². The van der Waals surface area contributed by atoms with E-state index in [1.807, 2.05) is 13.8 Å². The van der Waals surface area contributed by atoms with Gasteiger partial charge in [-0.2, -0.15) is 18.2 Å². The minimum atomic E-state index is -4.59. The zero-order valence-electron chi connectivity index (χ0n) is 16.3. The van der Waals surface area contributed by atoms with Crippen LogP contribution in [0.2, 0.25) is 0 Å². The molecule has 30 heavy (non-hydrogen) atoms. The number of hydrogen-bond acceptors (Lipinski definition) is 5. The molecule has 0 aliphatic rings. The molecule has 2 aromatic carbocycles. The van der Waals surface area contributed by atoms with Gasteiger partial charge in [0.1, 0.15) is 17.1 Å². The van der Waals surface area contributed by atoms with Gasteiger partial charge in [-0.1, -0.05) is 22.9 Å². The van der Waals surface area contributed by atoms with E-state index in [1.54, 1.807) is 48.5 Å². The van der Waals surface area contributed by atoms with Gasteiger partial charge < -0.3 is 15.4 Å². The lowest BCUT2D eigenvalue weighted by Crippen LogP contribution is -2.12. The first-order valence-corrected chi connectivity index (χ1v) is 10.0. The van der Waals surface area contributed by atoms with Gasteiger partial charge in [0.2, 0.25) is 5.95 Å². The molecule has 3 aromatic rings. The summed E-state index contributed by atoms with van der Waals surface area (Å²) >= 11 is 3.30. The summed E-state index contributed by atoms with van der Waals surface area (Å²) in [5.41, 5.74) is 0.147. The van der Waals surface area contributed by atoms with E-state index in [0.717, 1.165) is 17.1 Å². The molecule has 5 nitrogen and oxygen atoms in total. The first-order valence-electron chi connectivity index (χ1n) is 9.25. The molecule has 0 saturated heterocycles. The van der Waals surface area contributed by atoms with Crippen molar-refractivity contribution in [3.8, 4) is 5.75 Å². The van der Waals surface area contributed by atoms with Gasteiger partial charge in [-0.15, -0.1) is 0 Å². The number of hydrogen-bond donors (Lipinski definition) is 2. The summed E-state index contributed by atoms with van der Waals surface area (Å²) in [5, 5.41) is 5.64. The summed E-state index contributed by atoms with van der Waals surface area (Å²) in [5.74, 6) is 0.415. The summed E-state index contributed by atoms with van der Waals surface area (Å²) < 4.78 is 46.7. The highest BCUT2D eigenvalue weighted by Crippen LogP contribution is 2.35. The summed E-state index contributed by atoms with van der Waals surface area (Å²) in [4.78, 5) is 7.86. The zero-order valence-corrected chi connectivity index (χ0v) is 17.9. The van der Waals surface area contributed by atoms with Crippen molar-refractivity contribution in [2.45, 2.75) is 32.5 Å². The van der Waals surface area contributed by atoms with E-state index >= 15 is 0 Å². The normalized spacial score (nSPS) is 12.3. The Balaban J connectivity index is 1.82. The molecule has 0 spiro atoms. The van der Waals surface area contributed by atoms with Crippen molar-refractivity contribution in [3.05, 3.63) is 64.8 Å². The quantitative estimate of drug-likeness (QED) is 0.384. The molecule has 0 radical (unpaired) electrons. The minimum Gasteiger partial charge on any atom is -0.491 e. The highest BCUT2D eigenvalue weighted by atomic mass is 79.9. The second-order valence-electron chi connectivity index (χ2n) is 6.57. The van der Waals surface area contributed by atoms with Gasteiger partial charge in [-0.25, -0.2) is 4.98 Å². The molecule has 9 heteroatoms. The molecule has 1 heterocycles. The van der Waals surface area contributed by atoms with Crippen LogP contribution in [0.25, 0.3) is 0 Å². The summed E-state index contributed by atoms with van der Waals surface area (Å²) in [6, 6.07) is 13.8. The molecule has 0 aliphatic carbocycles. The van der Waals surface area contributed by atoms with Crippen LogP contribution >= 0.6 is 15.9 Å². The molecular formula is C21H20BrF3N4O. The average Bonchev–Trinajstić information content (AvgIpc) is 2.70. The number of nitrogens with zero attached hydrogens (tertiary/aromatic N) is 2. The number of nitrogens with one attached hydrogen (secondary N) is 2. The first-order chi connectivity index (χ1) is 14.2. The number of ether oxygens (including phenoxy) is 1. The van der Waals surface area contributed by atoms with Crippen LogP contribution in [-0.2, 0) is 6.18 Å². The number of anilines is 4. The first kappa shape index (κ1) is 21.9. The molecule has 3 rings (SSSR count). The van der Waals surface area contributed by atoms with Gasteiger partial charge in [0.15, 0.2) is 0 Å². The van der Waals surface area contributed by atoms with Crippen molar-refractivity contribution < 1.29 is 17.9 Å². The largest absolute Gasteiger partial charge is 0.491 e. The molecule has 158 valence electrons. The van der Waals surface area contributed by atoms with Crippen LogP contribution in [-0.4, -0.2) is 16.1 Å². The van der Waals surface area contributed by atoms with Crippen molar-refractivity contribution in [2.75, 3.05) is 10.6 Å². The van der Waals surface area contributed by atoms with Gasteiger partial charge in [0, 0.05) is 22.0 Å². The predicted octanol–water partition coefficient (Wildman–Crippen LogP) is 6.92.